The van der Waals surface area contributed by atoms with Crippen molar-refractivity contribution in [1.82, 2.24) is 0 Å². The number of rotatable bonds is 4. The first kappa shape index (κ1) is 11.5. The van der Waals surface area contributed by atoms with E-state index in [0.717, 1.165) is 18.6 Å². The second kappa shape index (κ2) is 4.88. The van der Waals surface area contributed by atoms with Gasteiger partial charge in [0.15, 0.2) is 0 Å². The summed E-state index contributed by atoms with van der Waals surface area (Å²) in [5.74, 6) is 1.61. The lowest BCUT2D eigenvalue weighted by atomic mass is 9.90. The highest BCUT2D eigenvalue weighted by molar-refractivity contribution is 5.29. The molecular weight excluding hydrogens is 198 g/mol. The van der Waals surface area contributed by atoms with Gasteiger partial charge in [-0.25, -0.2) is 0 Å². The molecule has 0 bridgehead atoms. The minimum Gasteiger partial charge on any atom is -0.490 e. The molecule has 2 rings (SSSR count). The van der Waals surface area contributed by atoms with Crippen LogP contribution in [0.3, 0.4) is 0 Å². The van der Waals surface area contributed by atoms with Crippen LogP contribution in [0.1, 0.15) is 44.6 Å². The zero-order valence-electron chi connectivity index (χ0n) is 10.1. The molecule has 1 atom stereocenters. The van der Waals surface area contributed by atoms with Crippen molar-refractivity contribution < 1.29 is 4.74 Å². The van der Waals surface area contributed by atoms with Gasteiger partial charge >= 0.3 is 0 Å². The highest BCUT2D eigenvalue weighted by atomic mass is 16.5. The Labute approximate surface area is 97.8 Å². The summed E-state index contributed by atoms with van der Waals surface area (Å²) in [6.45, 7) is 4.46. The molecule has 0 amide bonds. The summed E-state index contributed by atoms with van der Waals surface area (Å²) in [6.07, 6.45) is 3.50. The minimum absolute atomic E-state index is 0.337. The lowest BCUT2D eigenvalue weighted by molar-refractivity contribution is 0.101. The Morgan fingerprint density at radius 3 is 2.44 bits per heavy atom. The Morgan fingerprint density at radius 2 is 1.94 bits per heavy atom. The van der Waals surface area contributed by atoms with E-state index in [9.17, 15) is 0 Å². The fraction of sp³-hybridized carbons (Fsp3) is 0.571. The summed E-state index contributed by atoms with van der Waals surface area (Å²) in [6, 6.07) is 8.84. The highest BCUT2D eigenvalue weighted by Gasteiger charge is 2.27. The quantitative estimate of drug-likeness (QED) is 0.844. The van der Waals surface area contributed by atoms with Gasteiger partial charge in [-0.1, -0.05) is 26.0 Å². The van der Waals surface area contributed by atoms with Crippen molar-refractivity contribution in [2.75, 3.05) is 0 Å². The summed E-state index contributed by atoms with van der Waals surface area (Å²) in [4.78, 5) is 0. The van der Waals surface area contributed by atoms with Gasteiger partial charge in [0.2, 0.25) is 0 Å². The van der Waals surface area contributed by atoms with Crippen molar-refractivity contribution in [3.8, 4) is 5.75 Å². The van der Waals surface area contributed by atoms with Crippen LogP contribution in [0.4, 0.5) is 0 Å². The highest BCUT2D eigenvalue weighted by Crippen LogP contribution is 2.26. The zero-order valence-corrected chi connectivity index (χ0v) is 10.1. The summed E-state index contributed by atoms with van der Waals surface area (Å²) in [5, 5.41) is 0. The third-order valence-electron chi connectivity index (χ3n) is 3.50. The van der Waals surface area contributed by atoms with E-state index in [1.807, 2.05) is 0 Å². The van der Waals surface area contributed by atoms with Gasteiger partial charge in [-0.15, -0.1) is 0 Å². The van der Waals surface area contributed by atoms with E-state index >= 15 is 0 Å². The molecule has 1 unspecified atom stereocenters. The SMILES string of the molecule is CCC(C)c1ccc(OC2CC(N)C2)cc1. The average molecular weight is 219 g/mol. The van der Waals surface area contributed by atoms with E-state index in [1.54, 1.807) is 0 Å². The van der Waals surface area contributed by atoms with E-state index in [0.29, 0.717) is 18.1 Å². The molecule has 1 aliphatic rings. The van der Waals surface area contributed by atoms with Crippen molar-refractivity contribution in [3.63, 3.8) is 0 Å². The molecular formula is C14H21NO. The maximum Gasteiger partial charge on any atom is 0.119 e. The van der Waals surface area contributed by atoms with Gasteiger partial charge in [-0.2, -0.15) is 0 Å². The number of ether oxygens (including phenoxy) is 1. The predicted octanol–water partition coefficient (Wildman–Crippen LogP) is 3.07. The van der Waals surface area contributed by atoms with Gasteiger partial charge < -0.3 is 10.5 Å². The van der Waals surface area contributed by atoms with E-state index in [2.05, 4.69) is 38.1 Å². The van der Waals surface area contributed by atoms with Gasteiger partial charge in [-0.05, 0) is 42.9 Å². The van der Waals surface area contributed by atoms with Crippen LogP contribution in [-0.4, -0.2) is 12.1 Å². The second-order valence-electron chi connectivity index (χ2n) is 4.85. The first-order valence-electron chi connectivity index (χ1n) is 6.21. The normalized spacial score (nSPS) is 25.9. The van der Waals surface area contributed by atoms with Gasteiger partial charge in [0.05, 0.1) is 0 Å². The van der Waals surface area contributed by atoms with Crippen LogP contribution in [0.25, 0.3) is 0 Å². The molecule has 1 aromatic rings. The predicted molar refractivity (Wildman–Crippen MR) is 66.8 cm³/mol. The Hall–Kier alpha value is -1.02. The van der Waals surface area contributed by atoms with Crippen LogP contribution in [-0.2, 0) is 0 Å². The first-order valence-corrected chi connectivity index (χ1v) is 6.21. The Bertz CT molecular complexity index is 327. The first-order chi connectivity index (χ1) is 7.69. The maximum atomic E-state index is 5.81. The standard InChI is InChI=1S/C14H21NO/c1-3-10(2)11-4-6-13(7-5-11)16-14-8-12(15)9-14/h4-7,10,12,14H,3,8-9,15H2,1-2H3. The number of hydrogen-bond donors (Lipinski definition) is 1. The van der Waals surface area contributed by atoms with Crippen LogP contribution in [0.5, 0.6) is 5.75 Å². The molecule has 0 spiro atoms. The summed E-state index contributed by atoms with van der Waals surface area (Å²) >= 11 is 0. The van der Waals surface area contributed by atoms with Crippen LogP contribution in [0, 0.1) is 0 Å². The summed E-state index contributed by atoms with van der Waals surface area (Å²) in [5.41, 5.74) is 7.11. The van der Waals surface area contributed by atoms with Gasteiger partial charge in [0.25, 0.3) is 0 Å². The van der Waals surface area contributed by atoms with E-state index < -0.39 is 0 Å². The largest absolute Gasteiger partial charge is 0.490 e. The number of nitrogens with two attached hydrogens (primary N) is 1. The monoisotopic (exact) mass is 219 g/mol. The molecule has 0 aliphatic heterocycles. The molecule has 16 heavy (non-hydrogen) atoms. The molecule has 0 saturated heterocycles. The fourth-order valence-corrected chi connectivity index (χ4v) is 2.01. The van der Waals surface area contributed by atoms with Gasteiger partial charge in [-0.3, -0.25) is 0 Å². The fourth-order valence-electron chi connectivity index (χ4n) is 2.01. The van der Waals surface area contributed by atoms with Crippen LogP contribution >= 0.6 is 0 Å². The molecule has 0 radical (unpaired) electrons. The lowest BCUT2D eigenvalue weighted by Crippen LogP contribution is -2.43. The molecule has 2 nitrogen and oxygen atoms in total. The Morgan fingerprint density at radius 1 is 1.31 bits per heavy atom. The topological polar surface area (TPSA) is 35.2 Å². The molecule has 1 fully saturated rings. The molecule has 2 N–H and O–H groups in total. The third kappa shape index (κ3) is 2.56. The van der Waals surface area contributed by atoms with Gasteiger partial charge in [0.1, 0.15) is 11.9 Å². The Balaban J connectivity index is 1.92. The van der Waals surface area contributed by atoms with Gasteiger partial charge in [0, 0.05) is 6.04 Å². The van der Waals surface area contributed by atoms with Crippen molar-refractivity contribution in [2.45, 2.75) is 51.2 Å². The van der Waals surface area contributed by atoms with E-state index in [-0.39, 0.29) is 0 Å². The lowest BCUT2D eigenvalue weighted by Gasteiger charge is -2.32. The summed E-state index contributed by atoms with van der Waals surface area (Å²) < 4.78 is 5.81. The maximum absolute atomic E-state index is 5.81. The van der Waals surface area contributed by atoms with Crippen molar-refractivity contribution in [3.05, 3.63) is 29.8 Å². The smallest absolute Gasteiger partial charge is 0.119 e. The zero-order chi connectivity index (χ0) is 11.5. The molecule has 1 saturated carbocycles. The molecule has 1 aromatic carbocycles. The van der Waals surface area contributed by atoms with Crippen LogP contribution in [0.15, 0.2) is 24.3 Å². The molecule has 1 aliphatic carbocycles. The molecule has 2 heteroatoms. The average Bonchev–Trinajstić information content (AvgIpc) is 2.27. The van der Waals surface area contributed by atoms with Crippen molar-refractivity contribution in [1.29, 1.82) is 0 Å². The molecule has 0 heterocycles. The number of hydrogen-bond acceptors (Lipinski definition) is 2. The number of benzene rings is 1. The Kier molecular flexibility index (Phi) is 3.49. The van der Waals surface area contributed by atoms with E-state index in [4.69, 9.17) is 10.5 Å². The van der Waals surface area contributed by atoms with E-state index in [1.165, 1.54) is 12.0 Å². The molecule has 0 aromatic heterocycles. The van der Waals surface area contributed by atoms with Crippen LogP contribution < -0.4 is 10.5 Å². The second-order valence-corrected chi connectivity index (χ2v) is 4.85. The minimum atomic E-state index is 0.337. The van der Waals surface area contributed by atoms with Crippen molar-refractivity contribution >= 4 is 0 Å². The van der Waals surface area contributed by atoms with Crippen LogP contribution in [0.2, 0.25) is 0 Å². The third-order valence-corrected chi connectivity index (χ3v) is 3.50. The summed E-state index contributed by atoms with van der Waals surface area (Å²) in [7, 11) is 0. The molecule has 88 valence electrons. The van der Waals surface area contributed by atoms with Crippen molar-refractivity contribution in [2.24, 2.45) is 5.73 Å².